The Balaban J connectivity index is 2.93. The zero-order chi connectivity index (χ0) is 7.40. The van der Waals surface area contributed by atoms with Gasteiger partial charge in [-0.05, 0) is 24.3 Å². The second-order valence-corrected chi connectivity index (χ2v) is 1.87. The number of hydrogen-bond donors (Lipinski definition) is 1. The highest BCUT2D eigenvalue weighted by Gasteiger charge is 1.87. The summed E-state index contributed by atoms with van der Waals surface area (Å²) in [6.45, 7) is 0. The minimum atomic E-state index is 0.666. The summed E-state index contributed by atoms with van der Waals surface area (Å²) in [6, 6.07) is 9.14. The van der Waals surface area contributed by atoms with Crippen LogP contribution < -0.4 is 5.32 Å². The van der Waals surface area contributed by atoms with Crippen LogP contribution in [0.1, 0.15) is 5.56 Å². The van der Waals surface area contributed by atoms with Gasteiger partial charge in [0.15, 0.2) is 0 Å². The number of hydrogen-bond acceptors (Lipinski definition) is 2. The van der Waals surface area contributed by atoms with Crippen molar-refractivity contribution in [2.24, 2.45) is 0 Å². The second-order valence-electron chi connectivity index (χ2n) is 1.87. The topological polar surface area (TPSA) is 35.8 Å². The van der Waals surface area contributed by atoms with E-state index in [1.54, 1.807) is 12.1 Å². The van der Waals surface area contributed by atoms with Crippen molar-refractivity contribution >= 4 is 5.69 Å². The van der Waals surface area contributed by atoms with Crippen LogP contribution in [0, 0.1) is 18.4 Å². The molecule has 0 aliphatic heterocycles. The van der Waals surface area contributed by atoms with Crippen LogP contribution in [-0.4, -0.2) is 0 Å². The van der Waals surface area contributed by atoms with Gasteiger partial charge in [-0.2, -0.15) is 5.26 Å². The van der Waals surface area contributed by atoms with Crippen LogP contribution in [0.2, 0.25) is 0 Å². The Morgan fingerprint density at radius 3 is 2.30 bits per heavy atom. The Labute approximate surface area is 60.1 Å². The maximum atomic E-state index is 8.42. The Bertz CT molecular complexity index is 243. The monoisotopic (exact) mass is 131 g/mol. The van der Waals surface area contributed by atoms with E-state index in [-0.39, 0.29) is 0 Å². The van der Waals surface area contributed by atoms with Gasteiger partial charge >= 0.3 is 0 Å². The highest BCUT2D eigenvalue weighted by Crippen LogP contribution is 2.06. The normalized spacial score (nSPS) is 8.40. The second kappa shape index (κ2) is 2.88. The van der Waals surface area contributed by atoms with Crippen molar-refractivity contribution in [1.82, 2.24) is 0 Å². The number of benzene rings is 1. The van der Waals surface area contributed by atoms with Crippen molar-refractivity contribution in [3.63, 3.8) is 0 Å². The first kappa shape index (κ1) is 6.63. The van der Waals surface area contributed by atoms with Crippen LogP contribution in [0.5, 0.6) is 0 Å². The van der Waals surface area contributed by atoms with Crippen molar-refractivity contribution in [2.45, 2.75) is 0 Å². The lowest BCUT2D eigenvalue weighted by atomic mass is 10.2. The highest BCUT2D eigenvalue weighted by atomic mass is 14.8. The van der Waals surface area contributed by atoms with Crippen molar-refractivity contribution in [3.8, 4) is 6.07 Å². The molecule has 1 aromatic rings. The predicted molar refractivity (Wildman–Crippen MR) is 40.1 cm³/mol. The molecule has 0 spiro atoms. The van der Waals surface area contributed by atoms with Crippen LogP contribution >= 0.6 is 0 Å². The molecule has 0 aliphatic carbocycles. The summed E-state index contributed by atoms with van der Waals surface area (Å²) in [5.41, 5.74) is 1.58. The molecule has 0 aromatic heterocycles. The quantitative estimate of drug-likeness (QED) is 0.630. The minimum Gasteiger partial charge on any atom is -0.383 e. The summed E-state index contributed by atoms with van der Waals surface area (Å²) in [5.74, 6) is 0. The van der Waals surface area contributed by atoms with E-state index in [4.69, 9.17) is 5.26 Å². The van der Waals surface area contributed by atoms with E-state index in [1.165, 1.54) is 0 Å². The van der Waals surface area contributed by atoms with E-state index in [0.29, 0.717) is 5.56 Å². The third-order valence-corrected chi connectivity index (χ3v) is 1.22. The van der Waals surface area contributed by atoms with Gasteiger partial charge in [-0.1, -0.05) is 0 Å². The first-order chi connectivity index (χ1) is 4.86. The van der Waals surface area contributed by atoms with Crippen molar-refractivity contribution in [2.75, 3.05) is 5.32 Å². The summed E-state index contributed by atoms with van der Waals surface area (Å²) in [6.07, 6.45) is 0. The smallest absolute Gasteiger partial charge is 0.0991 e. The maximum absolute atomic E-state index is 8.42. The average Bonchev–Trinajstić information content (AvgIpc) is 2.05. The molecule has 10 heavy (non-hydrogen) atoms. The Morgan fingerprint density at radius 1 is 1.30 bits per heavy atom. The van der Waals surface area contributed by atoms with E-state index < -0.39 is 0 Å². The van der Waals surface area contributed by atoms with Gasteiger partial charge in [-0.15, -0.1) is 0 Å². The van der Waals surface area contributed by atoms with Crippen molar-refractivity contribution in [1.29, 1.82) is 5.26 Å². The fraction of sp³-hybridized carbons (Fsp3) is 0. The van der Waals surface area contributed by atoms with Crippen LogP contribution in [0.15, 0.2) is 24.3 Å². The third kappa shape index (κ3) is 1.26. The van der Waals surface area contributed by atoms with Crippen LogP contribution in [0.4, 0.5) is 5.69 Å². The fourth-order valence-corrected chi connectivity index (χ4v) is 0.663. The minimum absolute atomic E-state index is 0.666. The third-order valence-electron chi connectivity index (χ3n) is 1.22. The molecular weight excluding hydrogens is 124 g/mol. The van der Waals surface area contributed by atoms with Gasteiger partial charge in [-0.25, -0.2) is 0 Å². The highest BCUT2D eigenvalue weighted by molar-refractivity contribution is 5.47. The fourth-order valence-electron chi connectivity index (χ4n) is 0.663. The van der Waals surface area contributed by atoms with Crippen LogP contribution in [-0.2, 0) is 0 Å². The molecule has 0 saturated heterocycles. The Morgan fingerprint density at radius 2 is 1.90 bits per heavy atom. The van der Waals surface area contributed by atoms with Crippen molar-refractivity contribution in [3.05, 3.63) is 36.9 Å². The lowest BCUT2D eigenvalue weighted by Gasteiger charge is -1.96. The SMILES string of the molecule is [CH2]Nc1ccc(C#N)cc1. The average molecular weight is 131 g/mol. The maximum Gasteiger partial charge on any atom is 0.0991 e. The first-order valence-corrected chi connectivity index (χ1v) is 2.90. The molecule has 49 valence electrons. The molecule has 0 heterocycles. The number of nitrogens with zero attached hydrogens (tertiary/aromatic N) is 1. The molecule has 0 fully saturated rings. The summed E-state index contributed by atoms with van der Waals surface area (Å²) in [7, 11) is 3.48. The predicted octanol–water partition coefficient (Wildman–Crippen LogP) is 1.76. The molecular formula is C8H7N2. The summed E-state index contributed by atoms with van der Waals surface area (Å²) in [5, 5.41) is 11.1. The van der Waals surface area contributed by atoms with E-state index >= 15 is 0 Å². The molecule has 1 N–H and O–H groups in total. The summed E-state index contributed by atoms with van der Waals surface area (Å²) >= 11 is 0. The molecule has 0 amide bonds. The molecule has 0 bridgehead atoms. The molecule has 1 aromatic carbocycles. The number of rotatable bonds is 1. The van der Waals surface area contributed by atoms with E-state index in [9.17, 15) is 0 Å². The molecule has 1 radical (unpaired) electrons. The number of nitrogens with one attached hydrogen (secondary N) is 1. The number of anilines is 1. The van der Waals surface area contributed by atoms with Gasteiger partial charge in [0.2, 0.25) is 0 Å². The zero-order valence-corrected chi connectivity index (χ0v) is 5.46. The summed E-state index contributed by atoms with van der Waals surface area (Å²) in [4.78, 5) is 0. The van der Waals surface area contributed by atoms with Gasteiger partial charge in [0, 0.05) is 12.7 Å². The van der Waals surface area contributed by atoms with E-state index in [2.05, 4.69) is 12.4 Å². The molecule has 2 nitrogen and oxygen atoms in total. The summed E-state index contributed by atoms with van der Waals surface area (Å²) < 4.78 is 0. The lowest BCUT2D eigenvalue weighted by molar-refractivity contribution is 1.48. The van der Waals surface area contributed by atoms with E-state index in [1.807, 2.05) is 18.2 Å². The molecule has 0 atom stereocenters. The standard InChI is InChI=1S/C8H7N2/c1-10-8-4-2-7(6-9)3-5-8/h2-5,10H,1H2. The zero-order valence-electron chi connectivity index (χ0n) is 5.46. The van der Waals surface area contributed by atoms with Gasteiger partial charge < -0.3 is 5.32 Å². The number of nitriles is 1. The van der Waals surface area contributed by atoms with Gasteiger partial charge in [0.1, 0.15) is 0 Å². The van der Waals surface area contributed by atoms with Crippen LogP contribution in [0.25, 0.3) is 0 Å². The molecule has 0 aliphatic rings. The Hall–Kier alpha value is -1.49. The van der Waals surface area contributed by atoms with E-state index in [0.717, 1.165) is 5.69 Å². The molecule has 0 unspecified atom stereocenters. The largest absolute Gasteiger partial charge is 0.383 e. The van der Waals surface area contributed by atoms with Crippen molar-refractivity contribution < 1.29 is 0 Å². The first-order valence-electron chi connectivity index (χ1n) is 2.90. The van der Waals surface area contributed by atoms with Gasteiger partial charge in [-0.3, -0.25) is 0 Å². The molecule has 0 saturated carbocycles. The molecule has 1 rings (SSSR count). The van der Waals surface area contributed by atoms with Gasteiger partial charge in [0.25, 0.3) is 0 Å². The molecule has 2 heteroatoms. The lowest BCUT2D eigenvalue weighted by Crippen LogP contribution is -1.83. The van der Waals surface area contributed by atoms with Crippen LogP contribution in [0.3, 0.4) is 0 Å². The van der Waals surface area contributed by atoms with Gasteiger partial charge in [0.05, 0.1) is 11.6 Å². The Kier molecular flexibility index (Phi) is 1.91.